The van der Waals surface area contributed by atoms with Gasteiger partial charge in [-0.2, -0.15) is 0 Å². The van der Waals surface area contributed by atoms with Gasteiger partial charge in [-0.15, -0.1) is 0 Å². The molecule has 0 saturated heterocycles. The second-order valence-corrected chi connectivity index (χ2v) is 11.6. The van der Waals surface area contributed by atoms with Crippen LogP contribution in [0.25, 0.3) is 10.8 Å². The van der Waals surface area contributed by atoms with E-state index < -0.39 is 0 Å². The van der Waals surface area contributed by atoms with Crippen LogP contribution in [0.1, 0.15) is 111 Å². The molecule has 41 heavy (non-hydrogen) atoms. The Labute approximate surface area is 248 Å². The van der Waals surface area contributed by atoms with Gasteiger partial charge in [0.2, 0.25) is 0 Å². The van der Waals surface area contributed by atoms with Crippen LogP contribution >= 0.6 is 0 Å². The van der Waals surface area contributed by atoms with Crippen LogP contribution in [0.3, 0.4) is 0 Å². The Bertz CT molecular complexity index is 1400. The number of rotatable bonds is 15. The van der Waals surface area contributed by atoms with E-state index in [4.69, 9.17) is 0 Å². The van der Waals surface area contributed by atoms with Gasteiger partial charge in [0.1, 0.15) is 5.82 Å². The Morgan fingerprint density at radius 2 is 1.00 bits per heavy atom. The van der Waals surface area contributed by atoms with Gasteiger partial charge in [-0.1, -0.05) is 138 Å². The van der Waals surface area contributed by atoms with Gasteiger partial charge in [-0.05, 0) is 84.4 Å². The Morgan fingerprint density at radius 1 is 0.488 bits per heavy atom. The first-order valence-electron chi connectivity index (χ1n) is 16.1. The molecule has 0 N–H and O–H groups in total. The standard InChI is InChI=1S/C40H47F/c1-3-5-7-9-11-13-32-15-17-33(18-16-32)19-20-34-21-23-35(24-22-34)25-27-37-28-29-38-31-36(14-12-10-8-6-4-2)26-30-39(38)40(37)41/h15-18,21-24,26,28-31H,3-14,19-20H2,1-2H3. The van der Waals surface area contributed by atoms with Crippen molar-refractivity contribution in [2.45, 2.75) is 104 Å². The fourth-order valence-electron chi connectivity index (χ4n) is 5.51. The van der Waals surface area contributed by atoms with Crippen molar-refractivity contribution in [2.24, 2.45) is 0 Å². The molecule has 0 fully saturated rings. The van der Waals surface area contributed by atoms with Gasteiger partial charge in [0, 0.05) is 10.9 Å². The largest absolute Gasteiger partial charge is 0.205 e. The van der Waals surface area contributed by atoms with E-state index in [0.717, 1.165) is 30.2 Å². The molecule has 1 heteroatoms. The maximum absolute atomic E-state index is 15.2. The molecule has 0 unspecified atom stereocenters. The molecule has 0 radical (unpaired) electrons. The van der Waals surface area contributed by atoms with Crippen molar-refractivity contribution in [3.8, 4) is 11.8 Å². The third-order valence-corrected chi connectivity index (χ3v) is 8.18. The van der Waals surface area contributed by atoms with Gasteiger partial charge >= 0.3 is 0 Å². The van der Waals surface area contributed by atoms with Crippen molar-refractivity contribution in [2.75, 3.05) is 0 Å². The summed E-state index contributed by atoms with van der Waals surface area (Å²) in [4.78, 5) is 0. The van der Waals surface area contributed by atoms with Crippen molar-refractivity contribution < 1.29 is 4.39 Å². The zero-order valence-corrected chi connectivity index (χ0v) is 25.3. The van der Waals surface area contributed by atoms with Crippen LogP contribution in [0.5, 0.6) is 0 Å². The Hall–Kier alpha value is -3.37. The molecule has 214 valence electrons. The third-order valence-electron chi connectivity index (χ3n) is 8.18. The molecule has 0 aliphatic rings. The summed E-state index contributed by atoms with van der Waals surface area (Å²) in [7, 11) is 0. The van der Waals surface area contributed by atoms with Gasteiger partial charge < -0.3 is 0 Å². The summed E-state index contributed by atoms with van der Waals surface area (Å²) in [5.74, 6) is 6.02. The zero-order valence-electron chi connectivity index (χ0n) is 25.3. The van der Waals surface area contributed by atoms with E-state index in [1.165, 1.54) is 92.9 Å². The van der Waals surface area contributed by atoms with Crippen LogP contribution in [-0.4, -0.2) is 0 Å². The monoisotopic (exact) mass is 546 g/mol. The van der Waals surface area contributed by atoms with Gasteiger partial charge in [0.15, 0.2) is 0 Å². The lowest BCUT2D eigenvalue weighted by Crippen LogP contribution is -1.93. The molecule has 4 aromatic rings. The number of halogens is 1. The average molecular weight is 547 g/mol. The number of hydrogen-bond donors (Lipinski definition) is 0. The molecule has 0 heterocycles. The van der Waals surface area contributed by atoms with Crippen molar-refractivity contribution in [3.63, 3.8) is 0 Å². The number of hydrogen-bond acceptors (Lipinski definition) is 0. The predicted molar refractivity (Wildman–Crippen MR) is 175 cm³/mol. The van der Waals surface area contributed by atoms with E-state index in [2.05, 4.69) is 86.4 Å². The highest BCUT2D eigenvalue weighted by Gasteiger charge is 2.07. The first-order chi connectivity index (χ1) is 20.2. The highest BCUT2D eigenvalue weighted by molar-refractivity contribution is 5.85. The predicted octanol–water partition coefficient (Wildman–Crippen LogP) is 11.2. The summed E-state index contributed by atoms with van der Waals surface area (Å²) in [6, 6.07) is 27.5. The lowest BCUT2D eigenvalue weighted by atomic mass is 9.99. The molecule has 0 aliphatic carbocycles. The van der Waals surface area contributed by atoms with Crippen LogP contribution in [0.2, 0.25) is 0 Å². The van der Waals surface area contributed by atoms with Gasteiger partial charge in [0.25, 0.3) is 0 Å². The molecule has 0 atom stereocenters. The fourth-order valence-corrected chi connectivity index (χ4v) is 5.51. The van der Waals surface area contributed by atoms with E-state index in [1.54, 1.807) is 0 Å². The molecule has 0 nitrogen and oxygen atoms in total. The zero-order chi connectivity index (χ0) is 28.7. The molecule has 4 aromatic carbocycles. The highest BCUT2D eigenvalue weighted by Crippen LogP contribution is 2.23. The minimum atomic E-state index is -0.219. The maximum Gasteiger partial charge on any atom is 0.146 e. The van der Waals surface area contributed by atoms with Crippen molar-refractivity contribution >= 4 is 10.8 Å². The van der Waals surface area contributed by atoms with Crippen molar-refractivity contribution in [3.05, 3.63) is 118 Å². The molecule has 4 rings (SSSR count). The molecular formula is C40H47F. The number of fused-ring (bicyclic) bond motifs is 1. The summed E-state index contributed by atoms with van der Waals surface area (Å²) < 4.78 is 15.2. The van der Waals surface area contributed by atoms with E-state index in [1.807, 2.05) is 18.2 Å². The summed E-state index contributed by atoms with van der Waals surface area (Å²) in [5, 5.41) is 1.61. The minimum Gasteiger partial charge on any atom is -0.205 e. The van der Waals surface area contributed by atoms with Crippen LogP contribution in [0, 0.1) is 17.7 Å². The number of benzene rings is 4. The smallest absolute Gasteiger partial charge is 0.146 e. The van der Waals surface area contributed by atoms with Crippen molar-refractivity contribution in [1.82, 2.24) is 0 Å². The van der Waals surface area contributed by atoms with E-state index in [0.29, 0.717) is 10.9 Å². The normalized spacial score (nSPS) is 11.0. The third kappa shape index (κ3) is 9.89. The SMILES string of the molecule is CCCCCCCc1ccc(CCc2ccc(C#Cc3ccc4cc(CCCCCCC)ccc4c3F)cc2)cc1. The average Bonchev–Trinajstić information content (AvgIpc) is 3.00. The van der Waals surface area contributed by atoms with Crippen LogP contribution in [-0.2, 0) is 25.7 Å². The van der Waals surface area contributed by atoms with Crippen LogP contribution < -0.4 is 0 Å². The van der Waals surface area contributed by atoms with Crippen LogP contribution in [0.15, 0.2) is 78.9 Å². The molecule has 0 saturated carbocycles. The Balaban J connectivity index is 1.28. The summed E-state index contributed by atoms with van der Waals surface area (Å²) in [6.45, 7) is 4.51. The first kappa shape index (κ1) is 30.6. The Kier molecular flexibility index (Phi) is 12.5. The van der Waals surface area contributed by atoms with Gasteiger partial charge in [-0.3, -0.25) is 0 Å². The van der Waals surface area contributed by atoms with E-state index in [-0.39, 0.29) is 5.82 Å². The fraction of sp³-hybridized carbons (Fsp3) is 0.400. The van der Waals surface area contributed by atoms with Gasteiger partial charge in [-0.25, -0.2) is 4.39 Å². The second kappa shape index (κ2) is 16.8. The minimum absolute atomic E-state index is 0.219. The van der Waals surface area contributed by atoms with Gasteiger partial charge in [0.05, 0.1) is 5.56 Å². The molecule has 0 aromatic heterocycles. The summed E-state index contributed by atoms with van der Waals surface area (Å²) in [5.41, 5.74) is 6.79. The topological polar surface area (TPSA) is 0 Å². The Morgan fingerprint density at radius 3 is 1.61 bits per heavy atom. The molecular weight excluding hydrogens is 499 g/mol. The molecule has 0 spiro atoms. The van der Waals surface area contributed by atoms with Crippen molar-refractivity contribution in [1.29, 1.82) is 0 Å². The summed E-state index contributed by atoms with van der Waals surface area (Å²) in [6.07, 6.45) is 17.3. The molecule has 0 bridgehead atoms. The second-order valence-electron chi connectivity index (χ2n) is 11.6. The number of unbranched alkanes of at least 4 members (excludes halogenated alkanes) is 8. The quantitative estimate of drug-likeness (QED) is 0.103. The van der Waals surface area contributed by atoms with E-state index in [9.17, 15) is 0 Å². The van der Waals surface area contributed by atoms with Crippen LogP contribution in [0.4, 0.5) is 4.39 Å². The lowest BCUT2D eigenvalue weighted by Gasteiger charge is -2.06. The maximum atomic E-state index is 15.2. The number of aryl methyl sites for hydroxylation is 4. The molecule has 0 aliphatic heterocycles. The van der Waals surface area contributed by atoms with E-state index >= 15 is 4.39 Å². The molecule has 0 amide bonds. The highest BCUT2D eigenvalue weighted by atomic mass is 19.1. The summed E-state index contributed by atoms with van der Waals surface area (Å²) >= 11 is 0. The lowest BCUT2D eigenvalue weighted by molar-refractivity contribution is 0.631. The first-order valence-corrected chi connectivity index (χ1v) is 16.1.